The highest BCUT2D eigenvalue weighted by molar-refractivity contribution is 6.19. The van der Waals surface area contributed by atoms with Crippen LogP contribution in [-0.2, 0) is 0 Å². The van der Waals surface area contributed by atoms with Crippen LogP contribution >= 0.6 is 0 Å². The molecule has 57 heavy (non-hydrogen) atoms. The van der Waals surface area contributed by atoms with Crippen LogP contribution in [0.4, 0.5) is 17.3 Å². The highest BCUT2D eigenvalue weighted by atomic mass is 15.3. The van der Waals surface area contributed by atoms with Gasteiger partial charge in [-0.15, -0.1) is 0 Å². The van der Waals surface area contributed by atoms with E-state index in [1.54, 1.807) is 0 Å². The average Bonchev–Trinajstić information content (AvgIpc) is 3.79. The number of para-hydroxylation sites is 3. The van der Waals surface area contributed by atoms with Crippen LogP contribution < -0.4 is 4.90 Å². The van der Waals surface area contributed by atoms with E-state index < -0.39 is 0 Å². The van der Waals surface area contributed by atoms with Crippen molar-refractivity contribution in [1.29, 1.82) is 0 Å². The zero-order valence-corrected chi connectivity index (χ0v) is 30.9. The van der Waals surface area contributed by atoms with E-state index in [1.165, 1.54) is 38.1 Å². The number of nitrogens with zero attached hydrogens (tertiary/aromatic N) is 5. The van der Waals surface area contributed by atoms with E-state index in [0.717, 1.165) is 50.5 Å². The highest BCUT2D eigenvalue weighted by Crippen LogP contribution is 2.41. The SMILES string of the molecule is c1ccc(-c2ccc(N(c3ccc(-n4c5ccccc5c5cc6c7ccccc7n(-c7ccccc7)c6cc54)cc3)c3ncc(-c4ccccc4)cn3)cc2)cc1. The number of hydrogen-bond donors (Lipinski definition) is 0. The molecule has 0 aliphatic heterocycles. The summed E-state index contributed by atoms with van der Waals surface area (Å²) in [5, 5.41) is 4.94. The number of fused-ring (bicyclic) bond motifs is 6. The van der Waals surface area contributed by atoms with E-state index in [1.807, 2.05) is 36.7 Å². The second kappa shape index (κ2) is 13.5. The second-order valence-corrected chi connectivity index (χ2v) is 14.3. The molecule has 5 heteroatoms. The fourth-order valence-corrected chi connectivity index (χ4v) is 8.35. The van der Waals surface area contributed by atoms with Crippen LogP contribution in [0.1, 0.15) is 0 Å². The molecule has 0 aliphatic carbocycles. The molecule has 268 valence electrons. The molecule has 0 bridgehead atoms. The standard InChI is InChI=1S/C52H35N5/c1-4-14-36(15-5-1)38-24-26-41(27-25-38)55(52-53-34-39(35-54-52)37-16-6-2-7-17-37)42-28-30-43(31-29-42)57-49-23-13-11-21-45(49)47-32-46-44-20-10-12-22-48(44)56(50(46)33-51(47)57)40-18-8-3-9-19-40/h1-35H. The van der Waals surface area contributed by atoms with Gasteiger partial charge in [0, 0.05) is 62.3 Å². The molecule has 11 aromatic rings. The Labute approximate surface area is 330 Å². The van der Waals surface area contributed by atoms with Crippen LogP contribution in [0.2, 0.25) is 0 Å². The van der Waals surface area contributed by atoms with Gasteiger partial charge in [0.2, 0.25) is 5.95 Å². The monoisotopic (exact) mass is 729 g/mol. The number of anilines is 3. The minimum Gasteiger partial charge on any atom is -0.309 e. The summed E-state index contributed by atoms with van der Waals surface area (Å²) in [7, 11) is 0. The predicted octanol–water partition coefficient (Wildman–Crippen LogP) is 13.5. The summed E-state index contributed by atoms with van der Waals surface area (Å²) in [6.07, 6.45) is 3.82. The molecule has 0 N–H and O–H groups in total. The first-order chi connectivity index (χ1) is 28.3. The van der Waals surface area contributed by atoms with Gasteiger partial charge in [0.25, 0.3) is 0 Å². The second-order valence-electron chi connectivity index (χ2n) is 14.3. The Morgan fingerprint density at radius 2 is 0.737 bits per heavy atom. The van der Waals surface area contributed by atoms with Gasteiger partial charge in [0.05, 0.1) is 22.1 Å². The fraction of sp³-hybridized carbons (Fsp3) is 0. The average molecular weight is 730 g/mol. The molecule has 0 radical (unpaired) electrons. The van der Waals surface area contributed by atoms with Gasteiger partial charge in [-0.25, -0.2) is 9.97 Å². The molecule has 0 atom stereocenters. The Kier molecular flexibility index (Phi) is 7.74. The minimum atomic E-state index is 0.600. The van der Waals surface area contributed by atoms with Crippen LogP contribution in [-0.4, -0.2) is 19.1 Å². The number of hydrogen-bond acceptors (Lipinski definition) is 3. The Morgan fingerprint density at radius 1 is 0.316 bits per heavy atom. The number of benzene rings is 8. The maximum Gasteiger partial charge on any atom is 0.234 e. The number of rotatable bonds is 7. The van der Waals surface area contributed by atoms with E-state index in [2.05, 4.69) is 190 Å². The van der Waals surface area contributed by atoms with Crippen LogP contribution in [0.5, 0.6) is 0 Å². The summed E-state index contributed by atoms with van der Waals surface area (Å²) in [6.45, 7) is 0. The van der Waals surface area contributed by atoms with Gasteiger partial charge >= 0.3 is 0 Å². The topological polar surface area (TPSA) is 38.9 Å². The largest absolute Gasteiger partial charge is 0.309 e. The zero-order chi connectivity index (χ0) is 37.7. The first kappa shape index (κ1) is 32.7. The Hall–Kier alpha value is -7.76. The van der Waals surface area contributed by atoms with Gasteiger partial charge in [0.15, 0.2) is 0 Å². The summed E-state index contributed by atoms with van der Waals surface area (Å²) < 4.78 is 4.78. The van der Waals surface area contributed by atoms with Gasteiger partial charge in [-0.3, -0.25) is 4.90 Å². The molecule has 0 aliphatic rings. The summed E-state index contributed by atoms with van der Waals surface area (Å²) >= 11 is 0. The molecule has 0 saturated heterocycles. The van der Waals surface area contributed by atoms with Crippen molar-refractivity contribution in [2.45, 2.75) is 0 Å². The zero-order valence-electron chi connectivity index (χ0n) is 30.9. The third-order valence-electron chi connectivity index (χ3n) is 11.0. The maximum atomic E-state index is 4.93. The lowest BCUT2D eigenvalue weighted by atomic mass is 10.1. The van der Waals surface area contributed by atoms with E-state index in [4.69, 9.17) is 9.97 Å². The van der Waals surface area contributed by atoms with Crippen molar-refractivity contribution in [3.63, 3.8) is 0 Å². The molecule has 3 aromatic heterocycles. The third kappa shape index (κ3) is 5.56. The van der Waals surface area contributed by atoms with Gasteiger partial charge < -0.3 is 9.13 Å². The van der Waals surface area contributed by atoms with Gasteiger partial charge in [-0.05, 0) is 89.5 Å². The van der Waals surface area contributed by atoms with Crippen molar-refractivity contribution < 1.29 is 0 Å². The quantitative estimate of drug-likeness (QED) is 0.164. The molecule has 11 rings (SSSR count). The van der Waals surface area contributed by atoms with E-state index in [0.29, 0.717) is 5.95 Å². The van der Waals surface area contributed by atoms with E-state index >= 15 is 0 Å². The summed E-state index contributed by atoms with van der Waals surface area (Å²) in [5.41, 5.74) is 13.2. The first-order valence-electron chi connectivity index (χ1n) is 19.2. The lowest BCUT2D eigenvalue weighted by Gasteiger charge is -2.24. The molecule has 5 nitrogen and oxygen atoms in total. The predicted molar refractivity (Wildman–Crippen MR) is 236 cm³/mol. The normalized spacial score (nSPS) is 11.5. The minimum absolute atomic E-state index is 0.600. The molecular formula is C52H35N5. The molecule has 0 fully saturated rings. The highest BCUT2D eigenvalue weighted by Gasteiger charge is 2.20. The van der Waals surface area contributed by atoms with Crippen molar-refractivity contribution in [2.24, 2.45) is 0 Å². The van der Waals surface area contributed by atoms with Crippen LogP contribution in [0, 0.1) is 0 Å². The van der Waals surface area contributed by atoms with Gasteiger partial charge in [0.1, 0.15) is 0 Å². The fourth-order valence-electron chi connectivity index (χ4n) is 8.35. The van der Waals surface area contributed by atoms with Gasteiger partial charge in [-0.2, -0.15) is 0 Å². The van der Waals surface area contributed by atoms with E-state index in [-0.39, 0.29) is 0 Å². The molecule has 0 saturated carbocycles. The van der Waals surface area contributed by atoms with Crippen molar-refractivity contribution in [3.05, 3.63) is 213 Å². The van der Waals surface area contributed by atoms with Crippen molar-refractivity contribution in [1.82, 2.24) is 19.1 Å². The smallest absolute Gasteiger partial charge is 0.234 e. The molecular weight excluding hydrogens is 695 g/mol. The van der Waals surface area contributed by atoms with Crippen LogP contribution in [0.3, 0.4) is 0 Å². The van der Waals surface area contributed by atoms with Crippen molar-refractivity contribution in [2.75, 3.05) is 4.90 Å². The molecule has 3 heterocycles. The van der Waals surface area contributed by atoms with E-state index in [9.17, 15) is 0 Å². The van der Waals surface area contributed by atoms with Crippen LogP contribution in [0.15, 0.2) is 213 Å². The maximum absolute atomic E-state index is 4.93. The summed E-state index contributed by atoms with van der Waals surface area (Å²) in [5.74, 6) is 0.600. The third-order valence-corrected chi connectivity index (χ3v) is 11.0. The Bertz CT molecular complexity index is 3100. The first-order valence-corrected chi connectivity index (χ1v) is 19.2. The molecule has 0 amide bonds. The molecule has 8 aromatic carbocycles. The summed E-state index contributed by atoms with van der Waals surface area (Å²) in [6, 6.07) is 71.0. The number of aromatic nitrogens is 4. The lowest BCUT2D eigenvalue weighted by Crippen LogP contribution is -2.13. The van der Waals surface area contributed by atoms with Crippen molar-refractivity contribution in [3.8, 4) is 33.6 Å². The lowest BCUT2D eigenvalue weighted by molar-refractivity contribution is 1.08. The molecule has 0 spiro atoms. The van der Waals surface area contributed by atoms with Crippen LogP contribution in [0.25, 0.3) is 77.2 Å². The molecule has 0 unspecified atom stereocenters. The Balaban J connectivity index is 1.06. The Morgan fingerprint density at radius 3 is 1.28 bits per heavy atom. The van der Waals surface area contributed by atoms with Crippen molar-refractivity contribution >= 4 is 60.9 Å². The van der Waals surface area contributed by atoms with Gasteiger partial charge in [-0.1, -0.05) is 127 Å². The summed E-state index contributed by atoms with van der Waals surface area (Å²) in [4.78, 5) is 12.0.